The van der Waals surface area contributed by atoms with E-state index in [-0.39, 0.29) is 17.7 Å². The third-order valence-electron chi connectivity index (χ3n) is 4.72. The van der Waals surface area contributed by atoms with Crippen molar-refractivity contribution >= 4 is 23.1 Å². The van der Waals surface area contributed by atoms with E-state index >= 15 is 0 Å². The number of ether oxygens (including phenoxy) is 1. The fraction of sp³-hybridized carbons (Fsp3) is 0.304. The number of anilines is 1. The summed E-state index contributed by atoms with van der Waals surface area (Å²) in [5.74, 6) is 0.135. The molecule has 0 unspecified atom stereocenters. The Morgan fingerprint density at radius 3 is 2.29 bits per heavy atom. The molecule has 146 valence electrons. The highest BCUT2D eigenvalue weighted by atomic mass is 16.5. The number of rotatable bonds is 7. The quantitative estimate of drug-likeness (QED) is 0.737. The molecule has 3 rings (SSSR count). The van der Waals surface area contributed by atoms with Crippen LogP contribution in [0, 0.1) is 5.92 Å². The van der Waals surface area contributed by atoms with Crippen molar-refractivity contribution in [3.05, 3.63) is 65.4 Å². The number of nitrogens with one attached hydrogen (secondary N) is 1. The third-order valence-corrected chi connectivity index (χ3v) is 4.72. The highest BCUT2D eigenvalue weighted by Gasteiger charge is 2.40. The Morgan fingerprint density at radius 1 is 1.00 bits per heavy atom. The second-order valence-electron chi connectivity index (χ2n) is 7.24. The van der Waals surface area contributed by atoms with Crippen LogP contribution in [0.2, 0.25) is 0 Å². The van der Waals surface area contributed by atoms with Crippen LogP contribution in [0.15, 0.2) is 54.2 Å². The monoisotopic (exact) mass is 378 g/mol. The van der Waals surface area contributed by atoms with Gasteiger partial charge in [-0.1, -0.05) is 51.1 Å². The summed E-state index contributed by atoms with van der Waals surface area (Å²) in [4.78, 5) is 27.6. The zero-order chi connectivity index (χ0) is 20.3. The number of para-hydroxylation sites is 1. The van der Waals surface area contributed by atoms with Crippen LogP contribution in [-0.2, 0) is 16.0 Å². The summed E-state index contributed by atoms with van der Waals surface area (Å²) in [6, 6.07) is 15.1. The second kappa shape index (κ2) is 8.30. The highest BCUT2D eigenvalue weighted by molar-refractivity contribution is 6.37. The van der Waals surface area contributed by atoms with Crippen LogP contribution in [0.1, 0.15) is 31.9 Å². The van der Waals surface area contributed by atoms with E-state index in [9.17, 15) is 9.59 Å². The number of benzene rings is 2. The average Bonchev–Trinajstić information content (AvgIpc) is 2.92. The van der Waals surface area contributed by atoms with Crippen LogP contribution >= 0.6 is 0 Å². The SMILES string of the molecule is CCc1ccc(NC2=C(c3ccccc3OC)C(=O)N(CC(C)C)C2=O)cc1. The number of aryl methyl sites for hydroxylation is 1. The molecule has 0 aromatic heterocycles. The van der Waals surface area contributed by atoms with Gasteiger partial charge in [0, 0.05) is 17.8 Å². The zero-order valence-electron chi connectivity index (χ0n) is 16.8. The number of hydrogen-bond acceptors (Lipinski definition) is 4. The molecule has 2 aromatic carbocycles. The van der Waals surface area contributed by atoms with Crippen LogP contribution in [0.3, 0.4) is 0 Å². The van der Waals surface area contributed by atoms with Gasteiger partial charge in [0.05, 0.1) is 12.7 Å². The van der Waals surface area contributed by atoms with E-state index in [4.69, 9.17) is 4.74 Å². The van der Waals surface area contributed by atoms with Gasteiger partial charge in [0.25, 0.3) is 11.8 Å². The van der Waals surface area contributed by atoms with Gasteiger partial charge in [-0.25, -0.2) is 0 Å². The lowest BCUT2D eigenvalue weighted by Gasteiger charge is -2.17. The average molecular weight is 378 g/mol. The molecule has 5 heteroatoms. The molecular weight excluding hydrogens is 352 g/mol. The molecule has 2 amide bonds. The molecule has 0 atom stereocenters. The first-order chi connectivity index (χ1) is 13.5. The van der Waals surface area contributed by atoms with E-state index < -0.39 is 0 Å². The number of amides is 2. The molecule has 0 saturated heterocycles. The first kappa shape index (κ1) is 19.7. The van der Waals surface area contributed by atoms with E-state index in [0.29, 0.717) is 29.1 Å². The standard InChI is InChI=1S/C23H26N2O3/c1-5-16-10-12-17(13-11-16)24-21-20(18-8-6-7-9-19(18)28-4)22(26)25(23(21)27)14-15(2)3/h6-13,15,24H,5,14H2,1-4H3. The summed E-state index contributed by atoms with van der Waals surface area (Å²) in [7, 11) is 1.56. The molecule has 1 aliphatic rings. The van der Waals surface area contributed by atoms with Crippen molar-refractivity contribution in [1.29, 1.82) is 0 Å². The van der Waals surface area contributed by atoms with Crippen molar-refractivity contribution in [2.75, 3.05) is 19.0 Å². The van der Waals surface area contributed by atoms with Crippen LogP contribution in [0.25, 0.3) is 5.57 Å². The van der Waals surface area contributed by atoms with Gasteiger partial charge in [0.15, 0.2) is 0 Å². The molecule has 28 heavy (non-hydrogen) atoms. The Balaban J connectivity index is 2.08. The summed E-state index contributed by atoms with van der Waals surface area (Å²) >= 11 is 0. The Bertz CT molecular complexity index is 914. The van der Waals surface area contributed by atoms with Gasteiger partial charge in [-0.2, -0.15) is 0 Å². The number of methoxy groups -OCH3 is 1. The summed E-state index contributed by atoms with van der Waals surface area (Å²) in [6.45, 7) is 6.43. The van der Waals surface area contributed by atoms with E-state index in [0.717, 1.165) is 12.1 Å². The highest BCUT2D eigenvalue weighted by Crippen LogP contribution is 2.35. The smallest absolute Gasteiger partial charge is 0.278 e. The van der Waals surface area contributed by atoms with Gasteiger partial charge < -0.3 is 10.1 Å². The Hall–Kier alpha value is -3.08. The predicted octanol–water partition coefficient (Wildman–Crippen LogP) is 4.11. The van der Waals surface area contributed by atoms with Crippen molar-refractivity contribution in [3.8, 4) is 5.75 Å². The molecule has 0 aliphatic carbocycles. The second-order valence-corrected chi connectivity index (χ2v) is 7.24. The summed E-state index contributed by atoms with van der Waals surface area (Å²) < 4.78 is 5.44. The molecular formula is C23H26N2O3. The molecule has 1 heterocycles. The van der Waals surface area contributed by atoms with Crippen molar-refractivity contribution in [3.63, 3.8) is 0 Å². The van der Waals surface area contributed by atoms with Crippen molar-refractivity contribution < 1.29 is 14.3 Å². The van der Waals surface area contributed by atoms with Gasteiger partial charge in [0.1, 0.15) is 11.4 Å². The summed E-state index contributed by atoms with van der Waals surface area (Å²) in [5.41, 5.74) is 3.23. The third kappa shape index (κ3) is 3.79. The fourth-order valence-corrected chi connectivity index (χ4v) is 3.29. The summed E-state index contributed by atoms with van der Waals surface area (Å²) in [5, 5.41) is 3.19. The molecule has 2 aromatic rings. The number of imide groups is 1. The normalized spacial score (nSPS) is 14.2. The number of nitrogens with zero attached hydrogens (tertiary/aromatic N) is 1. The largest absolute Gasteiger partial charge is 0.496 e. The first-order valence-corrected chi connectivity index (χ1v) is 9.56. The van der Waals surface area contributed by atoms with Crippen LogP contribution in [0.4, 0.5) is 5.69 Å². The number of carbonyl (C=O) groups is 2. The lowest BCUT2D eigenvalue weighted by molar-refractivity contribution is -0.137. The zero-order valence-corrected chi connectivity index (χ0v) is 16.8. The van der Waals surface area contributed by atoms with Crippen LogP contribution in [0.5, 0.6) is 5.75 Å². The molecule has 1 aliphatic heterocycles. The lowest BCUT2D eigenvalue weighted by Crippen LogP contribution is -2.35. The minimum Gasteiger partial charge on any atom is -0.496 e. The molecule has 0 bridgehead atoms. The van der Waals surface area contributed by atoms with E-state index in [1.807, 2.05) is 50.2 Å². The maximum absolute atomic E-state index is 13.2. The Kier molecular flexibility index (Phi) is 5.83. The van der Waals surface area contributed by atoms with E-state index in [1.54, 1.807) is 19.2 Å². The van der Waals surface area contributed by atoms with Gasteiger partial charge in [-0.3, -0.25) is 14.5 Å². The first-order valence-electron chi connectivity index (χ1n) is 9.56. The van der Waals surface area contributed by atoms with Crippen LogP contribution in [-0.4, -0.2) is 30.4 Å². The predicted molar refractivity (Wildman–Crippen MR) is 111 cm³/mol. The number of hydrogen-bond donors (Lipinski definition) is 1. The molecule has 5 nitrogen and oxygen atoms in total. The van der Waals surface area contributed by atoms with Gasteiger partial charge in [-0.15, -0.1) is 0 Å². The Labute approximate surface area is 166 Å². The topological polar surface area (TPSA) is 58.6 Å². The van der Waals surface area contributed by atoms with Gasteiger partial charge in [-0.05, 0) is 36.1 Å². The maximum Gasteiger partial charge on any atom is 0.278 e. The maximum atomic E-state index is 13.2. The molecule has 0 radical (unpaired) electrons. The fourth-order valence-electron chi connectivity index (χ4n) is 3.29. The number of carbonyl (C=O) groups excluding carboxylic acids is 2. The van der Waals surface area contributed by atoms with Crippen molar-refractivity contribution in [2.24, 2.45) is 5.92 Å². The van der Waals surface area contributed by atoms with Crippen LogP contribution < -0.4 is 10.1 Å². The molecule has 1 N–H and O–H groups in total. The van der Waals surface area contributed by atoms with Gasteiger partial charge in [0.2, 0.25) is 0 Å². The molecule has 0 saturated carbocycles. The Morgan fingerprint density at radius 2 is 1.68 bits per heavy atom. The van der Waals surface area contributed by atoms with E-state index in [2.05, 4.69) is 12.2 Å². The summed E-state index contributed by atoms with van der Waals surface area (Å²) in [6.07, 6.45) is 0.940. The minimum absolute atomic E-state index is 0.176. The van der Waals surface area contributed by atoms with Crippen molar-refractivity contribution in [1.82, 2.24) is 4.90 Å². The molecule has 0 fully saturated rings. The van der Waals surface area contributed by atoms with Crippen molar-refractivity contribution in [2.45, 2.75) is 27.2 Å². The van der Waals surface area contributed by atoms with Gasteiger partial charge >= 0.3 is 0 Å². The molecule has 0 spiro atoms. The van der Waals surface area contributed by atoms with E-state index in [1.165, 1.54) is 10.5 Å². The minimum atomic E-state index is -0.306. The lowest BCUT2D eigenvalue weighted by atomic mass is 10.0.